The Labute approximate surface area is 191 Å². The molecule has 2 aliphatic heterocycles. The van der Waals surface area contributed by atoms with E-state index in [0.29, 0.717) is 30.2 Å². The fourth-order valence-corrected chi connectivity index (χ4v) is 3.75. The van der Waals surface area contributed by atoms with Crippen molar-refractivity contribution >= 4 is 35.3 Å². The van der Waals surface area contributed by atoms with Gasteiger partial charge in [0.15, 0.2) is 0 Å². The highest BCUT2D eigenvalue weighted by Crippen LogP contribution is 2.28. The van der Waals surface area contributed by atoms with Crippen molar-refractivity contribution in [2.45, 2.75) is 6.92 Å². The van der Waals surface area contributed by atoms with E-state index in [1.807, 2.05) is 37.3 Å². The number of hydrogen-bond acceptors (Lipinski definition) is 6. The molecule has 2 aromatic carbocycles. The monoisotopic (exact) mass is 450 g/mol. The first-order chi connectivity index (χ1) is 16.0. The van der Waals surface area contributed by atoms with Crippen molar-refractivity contribution in [1.29, 1.82) is 0 Å². The fourth-order valence-electron chi connectivity index (χ4n) is 3.75. The molecule has 33 heavy (non-hydrogen) atoms. The third kappa shape index (κ3) is 4.98. The summed E-state index contributed by atoms with van der Waals surface area (Å²) in [7, 11) is 1.55. The number of anilines is 2. The van der Waals surface area contributed by atoms with Gasteiger partial charge in [-0.2, -0.15) is 0 Å². The first-order valence-electron chi connectivity index (χ1n) is 10.7. The summed E-state index contributed by atoms with van der Waals surface area (Å²) in [6, 6.07) is 12.3. The molecule has 2 N–H and O–H groups in total. The van der Waals surface area contributed by atoms with Crippen molar-refractivity contribution in [3.8, 4) is 5.75 Å². The summed E-state index contributed by atoms with van der Waals surface area (Å²) in [6.07, 6.45) is 1.56. The Kier molecular flexibility index (Phi) is 6.60. The number of urea groups is 1. The number of hydrogen-bond donors (Lipinski definition) is 2. The van der Waals surface area contributed by atoms with Crippen molar-refractivity contribution in [3.63, 3.8) is 0 Å². The van der Waals surface area contributed by atoms with Crippen LogP contribution in [-0.4, -0.2) is 62.7 Å². The van der Waals surface area contributed by atoms with E-state index >= 15 is 0 Å². The predicted octanol–water partition coefficient (Wildman–Crippen LogP) is 2.37. The Morgan fingerprint density at radius 3 is 2.67 bits per heavy atom. The van der Waals surface area contributed by atoms with Crippen molar-refractivity contribution in [1.82, 2.24) is 10.2 Å². The van der Waals surface area contributed by atoms with Gasteiger partial charge in [0, 0.05) is 36.1 Å². The number of aryl methyl sites for hydroxylation is 1. The van der Waals surface area contributed by atoms with Crippen molar-refractivity contribution < 1.29 is 23.9 Å². The number of nitrogens with zero attached hydrogens (tertiary/aromatic N) is 2. The SMILES string of the molecule is COc1cc(N2CCOCC2)ccc1/C=C1\NC(=O)N(CC(=O)Nc2ccccc2C)C1=O. The molecule has 0 radical (unpaired) electrons. The summed E-state index contributed by atoms with van der Waals surface area (Å²) in [5.41, 5.74) is 3.24. The van der Waals surface area contributed by atoms with Crippen LogP contribution >= 0.6 is 0 Å². The lowest BCUT2D eigenvalue weighted by molar-refractivity contribution is -0.127. The van der Waals surface area contributed by atoms with Crippen LogP contribution in [0.5, 0.6) is 5.75 Å². The number of nitrogens with one attached hydrogen (secondary N) is 2. The van der Waals surface area contributed by atoms with Crippen LogP contribution in [0.4, 0.5) is 16.2 Å². The van der Waals surface area contributed by atoms with E-state index in [0.717, 1.165) is 29.2 Å². The number of imide groups is 1. The van der Waals surface area contributed by atoms with Crippen molar-refractivity contribution in [2.24, 2.45) is 0 Å². The second-order valence-corrected chi connectivity index (χ2v) is 7.77. The number of carbonyl (C=O) groups is 3. The molecule has 2 saturated heterocycles. The standard InChI is InChI=1S/C24H26N4O5/c1-16-5-3-4-6-19(16)25-22(29)15-28-23(30)20(26-24(28)31)13-17-7-8-18(14-21(17)32-2)27-9-11-33-12-10-27/h3-8,13-14H,9-12,15H2,1-2H3,(H,25,29)(H,26,31)/b20-13-. The summed E-state index contributed by atoms with van der Waals surface area (Å²) in [4.78, 5) is 40.7. The van der Waals surface area contributed by atoms with Gasteiger partial charge in [-0.15, -0.1) is 0 Å². The lowest BCUT2D eigenvalue weighted by Gasteiger charge is -2.29. The molecule has 4 amide bonds. The molecular formula is C24H26N4O5. The second kappa shape index (κ2) is 9.74. The fraction of sp³-hybridized carbons (Fsp3) is 0.292. The van der Waals surface area contributed by atoms with Gasteiger partial charge in [0.1, 0.15) is 18.0 Å². The molecule has 4 rings (SSSR count). The summed E-state index contributed by atoms with van der Waals surface area (Å²) in [5, 5.41) is 5.28. The number of carbonyl (C=O) groups excluding carboxylic acids is 3. The Morgan fingerprint density at radius 1 is 1.18 bits per heavy atom. The van der Waals surface area contributed by atoms with E-state index in [1.54, 1.807) is 25.3 Å². The number of rotatable bonds is 6. The number of amides is 4. The van der Waals surface area contributed by atoms with Crippen LogP contribution < -0.4 is 20.3 Å². The van der Waals surface area contributed by atoms with Crippen LogP contribution in [0.2, 0.25) is 0 Å². The third-order valence-corrected chi connectivity index (χ3v) is 5.58. The van der Waals surface area contributed by atoms with Crippen LogP contribution in [0.25, 0.3) is 6.08 Å². The molecule has 0 aromatic heterocycles. The Balaban J connectivity index is 1.48. The van der Waals surface area contributed by atoms with Crippen LogP contribution in [0.1, 0.15) is 11.1 Å². The lowest BCUT2D eigenvalue weighted by Crippen LogP contribution is -2.38. The average molecular weight is 450 g/mol. The highest BCUT2D eigenvalue weighted by Gasteiger charge is 2.35. The van der Waals surface area contributed by atoms with Gasteiger partial charge in [-0.05, 0) is 36.8 Å². The summed E-state index contributed by atoms with van der Waals surface area (Å²) in [5.74, 6) is -0.454. The highest BCUT2D eigenvalue weighted by molar-refractivity contribution is 6.16. The Morgan fingerprint density at radius 2 is 1.94 bits per heavy atom. The molecular weight excluding hydrogens is 424 g/mol. The molecule has 0 aliphatic carbocycles. The highest BCUT2D eigenvalue weighted by atomic mass is 16.5. The van der Waals surface area contributed by atoms with E-state index in [1.165, 1.54) is 0 Å². The maximum atomic E-state index is 12.8. The smallest absolute Gasteiger partial charge is 0.329 e. The largest absolute Gasteiger partial charge is 0.496 e. The maximum absolute atomic E-state index is 12.8. The van der Waals surface area contributed by atoms with Crippen molar-refractivity contribution in [3.05, 3.63) is 59.3 Å². The van der Waals surface area contributed by atoms with Gasteiger partial charge in [0.05, 0.1) is 20.3 Å². The van der Waals surface area contributed by atoms with Gasteiger partial charge in [0.25, 0.3) is 5.91 Å². The predicted molar refractivity (Wildman–Crippen MR) is 124 cm³/mol. The Hall–Kier alpha value is -3.85. The molecule has 2 heterocycles. The second-order valence-electron chi connectivity index (χ2n) is 7.77. The summed E-state index contributed by atoms with van der Waals surface area (Å²) >= 11 is 0. The first kappa shape index (κ1) is 22.3. The number of morpholine rings is 1. The molecule has 2 aromatic rings. The quantitative estimate of drug-likeness (QED) is 0.518. The van der Waals surface area contributed by atoms with Gasteiger partial charge >= 0.3 is 6.03 Å². The van der Waals surface area contributed by atoms with Gasteiger partial charge in [-0.25, -0.2) is 9.69 Å². The van der Waals surface area contributed by atoms with Gasteiger partial charge in [-0.1, -0.05) is 18.2 Å². The van der Waals surface area contributed by atoms with E-state index in [-0.39, 0.29) is 12.2 Å². The number of ether oxygens (including phenoxy) is 2. The molecule has 9 nitrogen and oxygen atoms in total. The molecule has 9 heteroatoms. The van der Waals surface area contributed by atoms with E-state index in [9.17, 15) is 14.4 Å². The minimum absolute atomic E-state index is 0.0844. The molecule has 2 fully saturated rings. The van der Waals surface area contributed by atoms with Crippen LogP contribution in [0, 0.1) is 6.92 Å². The van der Waals surface area contributed by atoms with Crippen LogP contribution in [-0.2, 0) is 14.3 Å². The summed E-state index contributed by atoms with van der Waals surface area (Å²) < 4.78 is 10.9. The summed E-state index contributed by atoms with van der Waals surface area (Å²) in [6.45, 7) is 4.39. The van der Waals surface area contributed by atoms with Crippen LogP contribution in [0.15, 0.2) is 48.2 Å². The van der Waals surface area contributed by atoms with E-state index in [4.69, 9.17) is 9.47 Å². The van der Waals surface area contributed by atoms with Crippen LogP contribution in [0.3, 0.4) is 0 Å². The molecule has 0 atom stereocenters. The number of benzene rings is 2. The zero-order chi connectivity index (χ0) is 23.4. The molecule has 2 aliphatic rings. The number of methoxy groups -OCH3 is 1. The van der Waals surface area contributed by atoms with Gasteiger partial charge in [-0.3, -0.25) is 9.59 Å². The average Bonchev–Trinajstić information content (AvgIpc) is 3.08. The minimum atomic E-state index is -0.643. The molecule has 0 bridgehead atoms. The normalized spacial score (nSPS) is 17.3. The van der Waals surface area contributed by atoms with Gasteiger partial charge < -0.3 is 25.0 Å². The van der Waals surface area contributed by atoms with Gasteiger partial charge in [0.2, 0.25) is 5.91 Å². The number of para-hydroxylation sites is 1. The van der Waals surface area contributed by atoms with E-state index < -0.39 is 17.8 Å². The first-order valence-corrected chi connectivity index (χ1v) is 10.7. The lowest BCUT2D eigenvalue weighted by atomic mass is 10.1. The molecule has 0 spiro atoms. The third-order valence-electron chi connectivity index (χ3n) is 5.58. The molecule has 0 unspecified atom stereocenters. The molecule has 172 valence electrons. The maximum Gasteiger partial charge on any atom is 0.329 e. The Bertz CT molecular complexity index is 1110. The van der Waals surface area contributed by atoms with Crippen molar-refractivity contribution in [2.75, 3.05) is 50.2 Å². The topological polar surface area (TPSA) is 100 Å². The molecule has 0 saturated carbocycles. The minimum Gasteiger partial charge on any atom is -0.496 e. The zero-order valence-corrected chi connectivity index (χ0v) is 18.6. The van der Waals surface area contributed by atoms with E-state index in [2.05, 4.69) is 15.5 Å². The zero-order valence-electron chi connectivity index (χ0n) is 18.6.